The van der Waals surface area contributed by atoms with Gasteiger partial charge in [0, 0.05) is 30.4 Å². The van der Waals surface area contributed by atoms with E-state index in [1.165, 1.54) is 0 Å². The van der Waals surface area contributed by atoms with Crippen molar-refractivity contribution in [2.45, 2.75) is 25.9 Å². The molecular formula is C14H18N2O2. The van der Waals surface area contributed by atoms with Crippen molar-refractivity contribution in [3.63, 3.8) is 0 Å². The third kappa shape index (κ3) is 2.44. The number of hydrogen-bond donors (Lipinski definition) is 2. The van der Waals surface area contributed by atoms with Crippen LogP contribution in [0.15, 0.2) is 35.0 Å². The maximum Gasteiger partial charge on any atom is 0.106 e. The van der Waals surface area contributed by atoms with Crippen LogP contribution in [0.4, 0.5) is 0 Å². The Hall–Kier alpha value is -1.65. The second-order valence-electron chi connectivity index (χ2n) is 4.44. The summed E-state index contributed by atoms with van der Waals surface area (Å²) in [6.45, 7) is 4.07. The summed E-state index contributed by atoms with van der Waals surface area (Å²) in [5.74, 6) is 1.36. The summed E-state index contributed by atoms with van der Waals surface area (Å²) in [6, 6.07) is 5.63. The average Bonchev–Trinajstić information content (AvgIpc) is 2.70. The molecule has 2 heterocycles. The average molecular weight is 246 g/mol. The lowest BCUT2D eigenvalue weighted by atomic mass is 9.90. The smallest absolute Gasteiger partial charge is 0.106 e. The molecule has 4 nitrogen and oxygen atoms in total. The van der Waals surface area contributed by atoms with Crippen LogP contribution in [0.25, 0.3) is 0 Å². The topological polar surface area (TPSA) is 72.3 Å². The van der Waals surface area contributed by atoms with E-state index < -0.39 is 6.10 Å². The van der Waals surface area contributed by atoms with Crippen molar-refractivity contribution < 1.29 is 9.52 Å². The number of aliphatic hydroxyl groups is 1. The van der Waals surface area contributed by atoms with Crippen molar-refractivity contribution in [2.75, 3.05) is 6.54 Å². The number of nitrogens with zero attached hydrogens (tertiary/aromatic N) is 1. The van der Waals surface area contributed by atoms with E-state index in [1.807, 2.05) is 32.0 Å². The van der Waals surface area contributed by atoms with Crippen molar-refractivity contribution in [1.82, 2.24) is 4.98 Å². The highest BCUT2D eigenvalue weighted by atomic mass is 16.3. The molecule has 0 saturated heterocycles. The van der Waals surface area contributed by atoms with Gasteiger partial charge in [-0.05, 0) is 31.5 Å². The molecule has 0 bridgehead atoms. The molecule has 0 aliphatic carbocycles. The van der Waals surface area contributed by atoms with E-state index in [-0.39, 0.29) is 5.92 Å². The normalized spacial score (nSPS) is 14.4. The molecule has 0 aliphatic heterocycles. The van der Waals surface area contributed by atoms with Crippen LogP contribution in [0.5, 0.6) is 0 Å². The van der Waals surface area contributed by atoms with E-state index in [1.54, 1.807) is 12.4 Å². The summed E-state index contributed by atoms with van der Waals surface area (Å²) in [7, 11) is 0. The quantitative estimate of drug-likeness (QED) is 0.866. The Morgan fingerprint density at radius 1 is 1.44 bits per heavy atom. The standard InChI is InChI=1S/C14H18N2O2/c1-9-6-12(10(2)18-9)14(17)13(7-15)11-4-3-5-16-8-11/h3-6,8,13-14,17H,7,15H2,1-2H3. The molecule has 0 spiro atoms. The van der Waals surface area contributed by atoms with Crippen LogP contribution in [0.3, 0.4) is 0 Å². The van der Waals surface area contributed by atoms with Gasteiger partial charge in [0.2, 0.25) is 0 Å². The zero-order chi connectivity index (χ0) is 13.1. The largest absolute Gasteiger partial charge is 0.466 e. The Balaban J connectivity index is 2.31. The van der Waals surface area contributed by atoms with Gasteiger partial charge in [0.05, 0.1) is 6.10 Å². The SMILES string of the molecule is Cc1cc(C(O)C(CN)c2cccnc2)c(C)o1. The molecule has 4 heteroatoms. The zero-order valence-corrected chi connectivity index (χ0v) is 10.6. The minimum atomic E-state index is -0.670. The van der Waals surface area contributed by atoms with Gasteiger partial charge in [-0.1, -0.05) is 6.07 Å². The zero-order valence-electron chi connectivity index (χ0n) is 10.6. The number of nitrogens with two attached hydrogens (primary N) is 1. The minimum Gasteiger partial charge on any atom is -0.466 e. The molecule has 3 N–H and O–H groups in total. The van der Waals surface area contributed by atoms with Crippen molar-refractivity contribution >= 4 is 0 Å². The molecule has 18 heavy (non-hydrogen) atoms. The van der Waals surface area contributed by atoms with Gasteiger partial charge in [0.25, 0.3) is 0 Å². The number of aryl methyl sites for hydroxylation is 2. The molecule has 2 rings (SSSR count). The van der Waals surface area contributed by atoms with Gasteiger partial charge in [0.1, 0.15) is 11.5 Å². The van der Waals surface area contributed by atoms with E-state index >= 15 is 0 Å². The lowest BCUT2D eigenvalue weighted by Gasteiger charge is -2.21. The fraction of sp³-hybridized carbons (Fsp3) is 0.357. The molecule has 96 valence electrons. The predicted molar refractivity (Wildman–Crippen MR) is 69.2 cm³/mol. The summed E-state index contributed by atoms with van der Waals surface area (Å²) in [4.78, 5) is 4.07. The molecule has 2 aromatic heterocycles. The third-order valence-corrected chi connectivity index (χ3v) is 3.15. The number of aromatic nitrogens is 1. The molecule has 2 atom stereocenters. The molecule has 2 unspecified atom stereocenters. The van der Waals surface area contributed by atoms with E-state index in [0.717, 1.165) is 22.6 Å². The Bertz CT molecular complexity index is 508. The lowest BCUT2D eigenvalue weighted by Crippen LogP contribution is -2.20. The number of pyridine rings is 1. The molecule has 0 fully saturated rings. The fourth-order valence-electron chi connectivity index (χ4n) is 2.20. The summed E-state index contributed by atoms with van der Waals surface area (Å²) in [5.41, 5.74) is 7.52. The van der Waals surface area contributed by atoms with E-state index in [0.29, 0.717) is 6.54 Å². The molecular weight excluding hydrogens is 228 g/mol. The van der Waals surface area contributed by atoms with Crippen LogP contribution in [0.2, 0.25) is 0 Å². The first-order chi connectivity index (χ1) is 8.63. The van der Waals surface area contributed by atoms with E-state index in [4.69, 9.17) is 10.2 Å². The van der Waals surface area contributed by atoms with Crippen molar-refractivity contribution in [3.8, 4) is 0 Å². The first-order valence-electron chi connectivity index (χ1n) is 5.98. The number of aliphatic hydroxyl groups excluding tert-OH is 1. The lowest BCUT2D eigenvalue weighted by molar-refractivity contribution is 0.145. The van der Waals surface area contributed by atoms with Gasteiger partial charge in [-0.15, -0.1) is 0 Å². The molecule has 0 aromatic carbocycles. The van der Waals surface area contributed by atoms with Crippen molar-refractivity contribution in [2.24, 2.45) is 5.73 Å². The Labute approximate surface area is 106 Å². The molecule has 0 amide bonds. The van der Waals surface area contributed by atoms with Crippen molar-refractivity contribution in [3.05, 3.63) is 53.2 Å². The van der Waals surface area contributed by atoms with Gasteiger partial charge in [-0.2, -0.15) is 0 Å². The summed E-state index contributed by atoms with van der Waals surface area (Å²) >= 11 is 0. The Morgan fingerprint density at radius 3 is 2.72 bits per heavy atom. The molecule has 2 aromatic rings. The van der Waals surface area contributed by atoms with E-state index in [2.05, 4.69) is 4.98 Å². The number of hydrogen-bond acceptors (Lipinski definition) is 4. The van der Waals surface area contributed by atoms with Gasteiger partial charge in [0.15, 0.2) is 0 Å². The highest BCUT2D eigenvalue weighted by Gasteiger charge is 2.24. The summed E-state index contributed by atoms with van der Waals surface area (Å²) < 4.78 is 5.45. The number of rotatable bonds is 4. The number of furan rings is 1. The molecule has 0 saturated carbocycles. The van der Waals surface area contributed by atoms with Gasteiger partial charge in [-0.25, -0.2) is 0 Å². The monoisotopic (exact) mass is 246 g/mol. The Kier molecular flexibility index (Phi) is 3.79. The summed E-state index contributed by atoms with van der Waals surface area (Å²) in [5, 5.41) is 10.5. The highest BCUT2D eigenvalue weighted by Crippen LogP contribution is 2.32. The van der Waals surface area contributed by atoms with Crippen LogP contribution < -0.4 is 5.73 Å². The van der Waals surface area contributed by atoms with Crippen LogP contribution in [0.1, 0.15) is 34.7 Å². The van der Waals surface area contributed by atoms with Crippen molar-refractivity contribution in [1.29, 1.82) is 0 Å². The second-order valence-corrected chi connectivity index (χ2v) is 4.44. The fourth-order valence-corrected chi connectivity index (χ4v) is 2.20. The predicted octanol–water partition coefficient (Wildman–Crippen LogP) is 2.07. The minimum absolute atomic E-state index is 0.172. The maximum absolute atomic E-state index is 10.5. The summed E-state index contributed by atoms with van der Waals surface area (Å²) in [6.07, 6.45) is 2.77. The molecule has 0 aliphatic rings. The van der Waals surface area contributed by atoms with Crippen LogP contribution in [-0.2, 0) is 0 Å². The van der Waals surface area contributed by atoms with E-state index in [9.17, 15) is 5.11 Å². The first kappa shape index (κ1) is 12.8. The van der Waals surface area contributed by atoms with Crippen LogP contribution >= 0.6 is 0 Å². The first-order valence-corrected chi connectivity index (χ1v) is 5.98. The maximum atomic E-state index is 10.5. The van der Waals surface area contributed by atoms with Gasteiger partial charge >= 0.3 is 0 Å². The highest BCUT2D eigenvalue weighted by molar-refractivity contribution is 5.28. The Morgan fingerprint density at radius 2 is 2.22 bits per heavy atom. The van der Waals surface area contributed by atoms with Crippen LogP contribution in [-0.4, -0.2) is 16.6 Å². The third-order valence-electron chi connectivity index (χ3n) is 3.15. The van der Waals surface area contributed by atoms with Crippen LogP contribution in [0, 0.1) is 13.8 Å². The van der Waals surface area contributed by atoms with Gasteiger partial charge in [-0.3, -0.25) is 4.98 Å². The second kappa shape index (κ2) is 5.33. The molecule has 0 radical (unpaired) electrons. The van der Waals surface area contributed by atoms with Gasteiger partial charge < -0.3 is 15.3 Å².